The molecule has 1 amide bonds. The number of fused-ring (bicyclic) bond motifs is 1. The summed E-state index contributed by atoms with van der Waals surface area (Å²) in [5.74, 6) is 0.156. The van der Waals surface area contributed by atoms with Gasteiger partial charge in [0.15, 0.2) is 0 Å². The zero-order valence-corrected chi connectivity index (χ0v) is 12.1. The van der Waals surface area contributed by atoms with Gasteiger partial charge in [0.1, 0.15) is 0 Å². The highest BCUT2D eigenvalue weighted by molar-refractivity contribution is 5.81. The number of likely N-dealkylation sites (N-methyl/N-ethyl adjacent to an activating group) is 1. The van der Waals surface area contributed by atoms with Gasteiger partial charge in [0, 0.05) is 32.4 Å². The predicted octanol–water partition coefficient (Wildman–Crippen LogP) is 1.44. The van der Waals surface area contributed by atoms with Crippen LogP contribution in [0.25, 0.3) is 0 Å². The molecule has 20 heavy (non-hydrogen) atoms. The number of hydrogen-bond acceptors (Lipinski definition) is 3. The number of carbonyl (C=O) groups excluding carboxylic acids is 1. The Labute approximate surface area is 120 Å². The molecule has 4 nitrogen and oxygen atoms in total. The number of amides is 1. The van der Waals surface area contributed by atoms with E-state index < -0.39 is 0 Å². The van der Waals surface area contributed by atoms with Crippen LogP contribution in [0.4, 0.5) is 5.69 Å². The van der Waals surface area contributed by atoms with Gasteiger partial charge in [0.25, 0.3) is 0 Å². The van der Waals surface area contributed by atoms with Crippen molar-refractivity contribution in [1.29, 1.82) is 0 Å². The molecule has 2 N–H and O–H groups in total. The second-order valence-corrected chi connectivity index (χ2v) is 5.85. The standard InChI is InChI=1S/C16H23N3O/c1-19-9-7-13-10-12(5-6-15(13)19)11-18-14-4-2-3-8-17-16(14)20/h5-6,10,14,18H,2-4,7-9,11H2,1H3,(H,17,20). The van der Waals surface area contributed by atoms with Gasteiger partial charge < -0.3 is 15.5 Å². The van der Waals surface area contributed by atoms with Crippen LogP contribution in [0.2, 0.25) is 0 Å². The average Bonchev–Trinajstić information content (AvgIpc) is 2.69. The van der Waals surface area contributed by atoms with E-state index in [0.29, 0.717) is 0 Å². The summed E-state index contributed by atoms with van der Waals surface area (Å²) in [5.41, 5.74) is 4.05. The van der Waals surface area contributed by atoms with Crippen LogP contribution in [-0.2, 0) is 17.8 Å². The number of carbonyl (C=O) groups is 1. The lowest BCUT2D eigenvalue weighted by Gasteiger charge is -2.16. The van der Waals surface area contributed by atoms with Crippen molar-refractivity contribution in [2.45, 2.75) is 38.3 Å². The second-order valence-electron chi connectivity index (χ2n) is 5.85. The van der Waals surface area contributed by atoms with Crippen LogP contribution in [0, 0.1) is 0 Å². The average molecular weight is 273 g/mol. The van der Waals surface area contributed by atoms with E-state index in [1.807, 2.05) is 0 Å². The van der Waals surface area contributed by atoms with E-state index in [0.717, 1.165) is 45.3 Å². The predicted molar refractivity (Wildman–Crippen MR) is 80.9 cm³/mol. The van der Waals surface area contributed by atoms with Crippen molar-refractivity contribution in [1.82, 2.24) is 10.6 Å². The molecule has 108 valence electrons. The lowest BCUT2D eigenvalue weighted by molar-refractivity contribution is -0.122. The number of benzene rings is 1. The first-order valence-electron chi connectivity index (χ1n) is 7.58. The molecule has 2 aliphatic heterocycles. The Kier molecular flexibility index (Phi) is 3.92. The quantitative estimate of drug-likeness (QED) is 0.876. The Morgan fingerprint density at radius 3 is 3.20 bits per heavy atom. The van der Waals surface area contributed by atoms with E-state index in [1.54, 1.807) is 0 Å². The Morgan fingerprint density at radius 2 is 2.30 bits per heavy atom. The van der Waals surface area contributed by atoms with Crippen molar-refractivity contribution in [3.8, 4) is 0 Å². The third kappa shape index (κ3) is 2.80. The van der Waals surface area contributed by atoms with Crippen LogP contribution >= 0.6 is 0 Å². The highest BCUT2D eigenvalue weighted by Gasteiger charge is 2.20. The highest BCUT2D eigenvalue weighted by Crippen LogP contribution is 2.27. The van der Waals surface area contributed by atoms with Crippen molar-refractivity contribution in [2.75, 3.05) is 25.0 Å². The molecule has 1 aromatic rings. The molecule has 2 aliphatic rings. The van der Waals surface area contributed by atoms with E-state index in [4.69, 9.17) is 0 Å². The van der Waals surface area contributed by atoms with Gasteiger partial charge in [-0.05, 0) is 42.9 Å². The fourth-order valence-corrected chi connectivity index (χ4v) is 3.11. The third-order valence-corrected chi connectivity index (χ3v) is 4.36. The summed E-state index contributed by atoms with van der Waals surface area (Å²) >= 11 is 0. The third-order valence-electron chi connectivity index (χ3n) is 4.36. The maximum Gasteiger partial charge on any atom is 0.237 e. The molecule has 0 radical (unpaired) electrons. The molecule has 3 rings (SSSR count). The smallest absolute Gasteiger partial charge is 0.237 e. The summed E-state index contributed by atoms with van der Waals surface area (Å²) in [4.78, 5) is 14.2. The Bertz CT molecular complexity index is 500. The largest absolute Gasteiger partial charge is 0.374 e. The van der Waals surface area contributed by atoms with E-state index in [9.17, 15) is 4.79 Å². The minimum Gasteiger partial charge on any atom is -0.374 e. The molecule has 0 bridgehead atoms. The lowest BCUT2D eigenvalue weighted by atomic mass is 10.1. The molecule has 0 spiro atoms. The van der Waals surface area contributed by atoms with Gasteiger partial charge in [-0.25, -0.2) is 0 Å². The fourth-order valence-electron chi connectivity index (χ4n) is 3.11. The first-order valence-corrected chi connectivity index (χ1v) is 7.58. The zero-order chi connectivity index (χ0) is 13.9. The van der Waals surface area contributed by atoms with Crippen LogP contribution < -0.4 is 15.5 Å². The number of anilines is 1. The fraction of sp³-hybridized carbons (Fsp3) is 0.562. The van der Waals surface area contributed by atoms with Gasteiger partial charge in [-0.3, -0.25) is 4.79 Å². The summed E-state index contributed by atoms with van der Waals surface area (Å²) in [6.07, 6.45) is 4.28. The van der Waals surface area contributed by atoms with Crippen molar-refractivity contribution >= 4 is 11.6 Å². The van der Waals surface area contributed by atoms with Crippen molar-refractivity contribution in [3.63, 3.8) is 0 Å². The Morgan fingerprint density at radius 1 is 1.40 bits per heavy atom. The van der Waals surface area contributed by atoms with E-state index in [1.165, 1.54) is 16.8 Å². The molecule has 4 heteroatoms. The summed E-state index contributed by atoms with van der Waals surface area (Å²) in [6, 6.07) is 6.61. The number of rotatable bonds is 3. The van der Waals surface area contributed by atoms with E-state index >= 15 is 0 Å². The molecule has 0 aliphatic carbocycles. The minimum atomic E-state index is -0.0339. The summed E-state index contributed by atoms with van der Waals surface area (Å²) in [6.45, 7) is 2.70. The van der Waals surface area contributed by atoms with Crippen molar-refractivity contribution in [3.05, 3.63) is 29.3 Å². The minimum absolute atomic E-state index is 0.0339. The topological polar surface area (TPSA) is 44.4 Å². The first-order chi connectivity index (χ1) is 9.74. The van der Waals surface area contributed by atoms with Crippen LogP contribution in [0.3, 0.4) is 0 Å². The van der Waals surface area contributed by atoms with Crippen molar-refractivity contribution in [2.24, 2.45) is 0 Å². The van der Waals surface area contributed by atoms with Gasteiger partial charge >= 0.3 is 0 Å². The Balaban J connectivity index is 1.62. The van der Waals surface area contributed by atoms with Gasteiger partial charge in [0.05, 0.1) is 6.04 Å². The van der Waals surface area contributed by atoms with Gasteiger partial charge in [0.2, 0.25) is 5.91 Å². The van der Waals surface area contributed by atoms with Crippen LogP contribution in [0.15, 0.2) is 18.2 Å². The molecular formula is C16H23N3O. The van der Waals surface area contributed by atoms with E-state index in [-0.39, 0.29) is 11.9 Å². The highest BCUT2D eigenvalue weighted by atomic mass is 16.2. The number of nitrogens with zero attached hydrogens (tertiary/aromatic N) is 1. The van der Waals surface area contributed by atoms with Gasteiger partial charge in [-0.1, -0.05) is 12.1 Å². The summed E-state index contributed by atoms with van der Waals surface area (Å²) in [7, 11) is 2.14. The molecule has 1 saturated heterocycles. The maximum atomic E-state index is 11.9. The zero-order valence-electron chi connectivity index (χ0n) is 12.1. The van der Waals surface area contributed by atoms with Crippen LogP contribution in [0.5, 0.6) is 0 Å². The molecule has 1 atom stereocenters. The lowest BCUT2D eigenvalue weighted by Crippen LogP contribution is -2.42. The molecular weight excluding hydrogens is 250 g/mol. The summed E-state index contributed by atoms with van der Waals surface area (Å²) < 4.78 is 0. The molecule has 0 saturated carbocycles. The van der Waals surface area contributed by atoms with Crippen LogP contribution in [0.1, 0.15) is 30.4 Å². The SMILES string of the molecule is CN1CCc2cc(CNC3CCCCNC3=O)ccc21. The molecule has 1 fully saturated rings. The van der Waals surface area contributed by atoms with E-state index in [2.05, 4.69) is 40.8 Å². The second kappa shape index (κ2) is 5.83. The van der Waals surface area contributed by atoms with Gasteiger partial charge in [-0.2, -0.15) is 0 Å². The molecule has 1 unspecified atom stereocenters. The van der Waals surface area contributed by atoms with Crippen LogP contribution in [-0.4, -0.2) is 32.1 Å². The Hall–Kier alpha value is -1.55. The normalized spacial score (nSPS) is 22.4. The number of nitrogens with one attached hydrogen (secondary N) is 2. The molecule has 1 aromatic carbocycles. The first kappa shape index (κ1) is 13.4. The number of hydrogen-bond donors (Lipinski definition) is 2. The van der Waals surface area contributed by atoms with Gasteiger partial charge in [-0.15, -0.1) is 0 Å². The maximum absolute atomic E-state index is 11.9. The molecule has 0 aromatic heterocycles. The summed E-state index contributed by atoms with van der Waals surface area (Å²) in [5, 5.41) is 6.37. The van der Waals surface area contributed by atoms with Crippen molar-refractivity contribution < 1.29 is 4.79 Å². The monoisotopic (exact) mass is 273 g/mol. The molecule has 2 heterocycles.